The van der Waals surface area contributed by atoms with Gasteiger partial charge in [-0.05, 0) is 35.4 Å². The largest absolute Gasteiger partial charge is 0.508 e. The van der Waals surface area contributed by atoms with Crippen LogP contribution in [0.3, 0.4) is 0 Å². The molecule has 1 fully saturated rings. The van der Waals surface area contributed by atoms with Gasteiger partial charge in [0.2, 0.25) is 0 Å². The fourth-order valence-corrected chi connectivity index (χ4v) is 3.23. The van der Waals surface area contributed by atoms with Crippen LogP contribution in [0.2, 0.25) is 0 Å². The normalized spacial score (nSPS) is 16.1. The maximum Gasteiger partial charge on any atom is 0.120 e. The van der Waals surface area contributed by atoms with Crippen molar-refractivity contribution in [2.24, 2.45) is 0 Å². The van der Waals surface area contributed by atoms with Gasteiger partial charge in [-0.25, -0.2) is 0 Å². The van der Waals surface area contributed by atoms with Crippen LogP contribution in [-0.4, -0.2) is 66.5 Å². The summed E-state index contributed by atoms with van der Waals surface area (Å²) in [6.45, 7) is 5.51. The second-order valence-electron chi connectivity index (χ2n) is 6.41. The molecule has 2 aromatic carbocycles. The Morgan fingerprint density at radius 3 is 2.20 bits per heavy atom. The van der Waals surface area contributed by atoms with E-state index in [0.717, 1.165) is 61.7 Å². The number of aromatic hydroxyl groups is 1. The number of phenolic OH excluding ortho intramolecular Hbond substituents is 1. The number of piperazine rings is 1. The highest BCUT2D eigenvalue weighted by Crippen LogP contribution is 2.28. The first-order valence-corrected chi connectivity index (χ1v) is 8.71. The van der Waals surface area contributed by atoms with Crippen molar-refractivity contribution in [1.82, 2.24) is 9.80 Å². The van der Waals surface area contributed by atoms with E-state index < -0.39 is 0 Å². The van der Waals surface area contributed by atoms with E-state index in [9.17, 15) is 5.11 Å². The Morgan fingerprint density at radius 2 is 1.56 bits per heavy atom. The highest BCUT2D eigenvalue weighted by Gasteiger charge is 2.17. The lowest BCUT2D eigenvalue weighted by Crippen LogP contribution is -2.46. The molecule has 5 heteroatoms. The molecule has 0 bridgehead atoms. The van der Waals surface area contributed by atoms with Gasteiger partial charge >= 0.3 is 0 Å². The summed E-state index contributed by atoms with van der Waals surface area (Å²) in [5, 5.41) is 19.3. The van der Waals surface area contributed by atoms with Crippen LogP contribution in [0.15, 0.2) is 42.5 Å². The van der Waals surface area contributed by atoms with E-state index in [1.54, 1.807) is 13.2 Å². The molecule has 1 aliphatic rings. The first kappa shape index (κ1) is 17.7. The lowest BCUT2D eigenvalue weighted by molar-refractivity contribution is 0.108. The Kier molecular flexibility index (Phi) is 5.91. The van der Waals surface area contributed by atoms with Crippen LogP contribution in [0.5, 0.6) is 11.5 Å². The molecule has 0 unspecified atom stereocenters. The monoisotopic (exact) mass is 342 g/mol. The number of rotatable bonds is 6. The van der Waals surface area contributed by atoms with E-state index in [1.807, 2.05) is 30.3 Å². The molecule has 134 valence electrons. The summed E-state index contributed by atoms with van der Waals surface area (Å²) in [4.78, 5) is 4.62. The fourth-order valence-electron chi connectivity index (χ4n) is 3.23. The first-order chi connectivity index (χ1) is 12.2. The van der Waals surface area contributed by atoms with Gasteiger partial charge in [0.25, 0.3) is 0 Å². The molecule has 1 heterocycles. The number of β-amino-alcohol motifs (C(OH)–C–C–N with tert-alkyl or cyclic N) is 1. The summed E-state index contributed by atoms with van der Waals surface area (Å²) in [7, 11) is 1.66. The molecule has 0 atom stereocenters. The van der Waals surface area contributed by atoms with Crippen LogP contribution in [-0.2, 0) is 6.54 Å². The molecule has 25 heavy (non-hydrogen) atoms. The molecule has 2 aromatic rings. The van der Waals surface area contributed by atoms with E-state index in [1.165, 1.54) is 0 Å². The van der Waals surface area contributed by atoms with Crippen molar-refractivity contribution in [3.63, 3.8) is 0 Å². The van der Waals surface area contributed by atoms with Crippen LogP contribution in [0.4, 0.5) is 0 Å². The van der Waals surface area contributed by atoms with Gasteiger partial charge in [-0.2, -0.15) is 0 Å². The maximum atomic E-state index is 10.2. The Balaban J connectivity index is 1.69. The lowest BCUT2D eigenvalue weighted by atomic mass is 10.0. The van der Waals surface area contributed by atoms with Crippen molar-refractivity contribution in [3.8, 4) is 22.6 Å². The molecule has 2 N–H and O–H groups in total. The molecule has 0 aromatic heterocycles. The van der Waals surface area contributed by atoms with Crippen molar-refractivity contribution in [1.29, 1.82) is 0 Å². The highest BCUT2D eigenvalue weighted by atomic mass is 16.5. The number of nitrogens with zero attached hydrogens (tertiary/aromatic N) is 2. The molecule has 0 radical (unpaired) electrons. The van der Waals surface area contributed by atoms with Crippen molar-refractivity contribution >= 4 is 0 Å². The summed E-state index contributed by atoms with van der Waals surface area (Å²) in [6.07, 6.45) is 0. The zero-order valence-corrected chi connectivity index (χ0v) is 14.7. The van der Waals surface area contributed by atoms with E-state index in [4.69, 9.17) is 9.84 Å². The van der Waals surface area contributed by atoms with Gasteiger partial charge in [0.05, 0.1) is 13.7 Å². The van der Waals surface area contributed by atoms with Gasteiger partial charge in [-0.3, -0.25) is 9.80 Å². The van der Waals surface area contributed by atoms with Gasteiger partial charge in [-0.1, -0.05) is 18.2 Å². The smallest absolute Gasteiger partial charge is 0.120 e. The second-order valence-corrected chi connectivity index (χ2v) is 6.41. The lowest BCUT2D eigenvalue weighted by Gasteiger charge is -2.34. The standard InChI is InChI=1S/C20H26N2O3/c1-25-19-5-2-16(3-6-19)17-4-7-20(24)18(14-17)15-22-10-8-21(9-11-22)12-13-23/h2-7,14,23-24H,8-13,15H2,1H3. The topological polar surface area (TPSA) is 56.2 Å². The molecule has 0 aliphatic carbocycles. The summed E-state index contributed by atoms with van der Waals surface area (Å²) in [5.41, 5.74) is 3.15. The Bertz CT molecular complexity index is 680. The fraction of sp³-hybridized carbons (Fsp3) is 0.400. The van der Waals surface area contributed by atoms with Crippen LogP contribution in [0.25, 0.3) is 11.1 Å². The predicted molar refractivity (Wildman–Crippen MR) is 98.9 cm³/mol. The molecule has 1 aliphatic heterocycles. The number of methoxy groups -OCH3 is 1. The average Bonchev–Trinajstić information content (AvgIpc) is 2.65. The van der Waals surface area contributed by atoms with Crippen LogP contribution < -0.4 is 4.74 Å². The number of aliphatic hydroxyl groups is 1. The Morgan fingerprint density at radius 1 is 0.920 bits per heavy atom. The van der Waals surface area contributed by atoms with Crippen LogP contribution in [0.1, 0.15) is 5.56 Å². The molecule has 0 saturated carbocycles. The van der Waals surface area contributed by atoms with Gasteiger partial charge in [0.1, 0.15) is 11.5 Å². The second kappa shape index (κ2) is 8.34. The number of hydrogen-bond donors (Lipinski definition) is 2. The molecule has 1 saturated heterocycles. The third-order valence-electron chi connectivity index (χ3n) is 4.78. The molecule has 0 spiro atoms. The van der Waals surface area contributed by atoms with Crippen molar-refractivity contribution < 1.29 is 14.9 Å². The van der Waals surface area contributed by atoms with Crippen molar-refractivity contribution in [2.45, 2.75) is 6.54 Å². The van der Waals surface area contributed by atoms with E-state index in [-0.39, 0.29) is 6.61 Å². The van der Waals surface area contributed by atoms with Gasteiger partial charge < -0.3 is 14.9 Å². The maximum absolute atomic E-state index is 10.2. The summed E-state index contributed by atoms with van der Waals surface area (Å²) < 4.78 is 5.21. The summed E-state index contributed by atoms with van der Waals surface area (Å²) in [6, 6.07) is 13.7. The zero-order chi connectivity index (χ0) is 17.6. The van der Waals surface area contributed by atoms with E-state index in [0.29, 0.717) is 5.75 Å². The zero-order valence-electron chi connectivity index (χ0n) is 14.7. The van der Waals surface area contributed by atoms with Crippen molar-refractivity contribution in [2.75, 3.05) is 46.4 Å². The SMILES string of the molecule is COc1ccc(-c2ccc(O)c(CN3CCN(CCO)CC3)c2)cc1. The van der Waals surface area contributed by atoms with Gasteiger partial charge in [0, 0.05) is 44.8 Å². The Hall–Kier alpha value is -2.08. The molecule has 5 nitrogen and oxygen atoms in total. The third kappa shape index (κ3) is 4.51. The van der Waals surface area contributed by atoms with Crippen LogP contribution >= 0.6 is 0 Å². The number of ether oxygens (including phenoxy) is 1. The van der Waals surface area contributed by atoms with E-state index >= 15 is 0 Å². The summed E-state index contributed by atoms with van der Waals surface area (Å²) in [5.74, 6) is 1.18. The third-order valence-corrected chi connectivity index (χ3v) is 4.78. The molecular formula is C20H26N2O3. The molecular weight excluding hydrogens is 316 g/mol. The van der Waals surface area contributed by atoms with Gasteiger partial charge in [0.15, 0.2) is 0 Å². The Labute approximate surface area is 149 Å². The highest BCUT2D eigenvalue weighted by molar-refractivity contribution is 5.66. The predicted octanol–water partition coefficient (Wildman–Crippen LogP) is 2.18. The molecule has 0 amide bonds. The van der Waals surface area contributed by atoms with E-state index in [2.05, 4.69) is 15.9 Å². The first-order valence-electron chi connectivity index (χ1n) is 8.71. The quantitative estimate of drug-likeness (QED) is 0.843. The van der Waals surface area contributed by atoms with Crippen LogP contribution in [0, 0.1) is 0 Å². The number of benzene rings is 2. The number of aliphatic hydroxyl groups excluding tert-OH is 1. The van der Waals surface area contributed by atoms with Crippen molar-refractivity contribution in [3.05, 3.63) is 48.0 Å². The molecule has 3 rings (SSSR count). The van der Waals surface area contributed by atoms with Gasteiger partial charge in [-0.15, -0.1) is 0 Å². The number of hydrogen-bond acceptors (Lipinski definition) is 5. The minimum Gasteiger partial charge on any atom is -0.508 e. The number of phenols is 1. The average molecular weight is 342 g/mol. The summed E-state index contributed by atoms with van der Waals surface area (Å²) >= 11 is 0. The minimum atomic E-state index is 0.213. The minimum absolute atomic E-state index is 0.213.